The van der Waals surface area contributed by atoms with Gasteiger partial charge in [-0.15, -0.1) is 0 Å². The molecule has 1 saturated heterocycles. The summed E-state index contributed by atoms with van der Waals surface area (Å²) in [5.41, 5.74) is 0.567. The van der Waals surface area contributed by atoms with Crippen molar-refractivity contribution >= 4 is 5.91 Å². The third-order valence-corrected chi connectivity index (χ3v) is 4.52. The summed E-state index contributed by atoms with van der Waals surface area (Å²) in [5, 5.41) is 9.80. The van der Waals surface area contributed by atoms with Gasteiger partial charge in [0.2, 0.25) is 0 Å². The van der Waals surface area contributed by atoms with Gasteiger partial charge >= 0.3 is 0 Å². The number of ether oxygens (including phenoxy) is 1. The first-order valence-corrected chi connectivity index (χ1v) is 8.11. The predicted octanol–water partition coefficient (Wildman–Crippen LogP) is 3.53. The SMILES string of the molecule is COc1ccc(CC2CCCN2C(=O)c2c(O)cc(F)cc2F)cc1. The van der Waals surface area contributed by atoms with Crippen molar-refractivity contribution in [3.05, 3.63) is 59.2 Å². The van der Waals surface area contributed by atoms with Crippen molar-refractivity contribution in [2.45, 2.75) is 25.3 Å². The molecule has 1 fully saturated rings. The van der Waals surface area contributed by atoms with Crippen LogP contribution in [0.5, 0.6) is 11.5 Å². The van der Waals surface area contributed by atoms with Gasteiger partial charge in [0.1, 0.15) is 28.7 Å². The van der Waals surface area contributed by atoms with Crippen LogP contribution in [0.15, 0.2) is 36.4 Å². The Morgan fingerprint density at radius 3 is 2.64 bits per heavy atom. The first kappa shape index (κ1) is 17.2. The standard InChI is InChI=1S/C19H19F2NO3/c1-25-15-6-4-12(5-7-15)9-14-3-2-8-22(14)19(24)18-16(21)10-13(20)11-17(18)23/h4-7,10-11,14,23H,2-3,8-9H2,1H3. The molecule has 0 bridgehead atoms. The van der Waals surface area contributed by atoms with E-state index in [0.29, 0.717) is 19.0 Å². The summed E-state index contributed by atoms with van der Waals surface area (Å²) in [5.74, 6) is -2.48. The van der Waals surface area contributed by atoms with Crippen molar-refractivity contribution in [2.24, 2.45) is 0 Å². The zero-order chi connectivity index (χ0) is 18.0. The minimum Gasteiger partial charge on any atom is -0.507 e. The summed E-state index contributed by atoms with van der Waals surface area (Å²) in [6, 6.07) is 8.83. The Bertz CT molecular complexity index is 754. The van der Waals surface area contributed by atoms with Crippen LogP contribution in [-0.4, -0.2) is 35.6 Å². The number of methoxy groups -OCH3 is 1. The lowest BCUT2D eigenvalue weighted by Crippen LogP contribution is -2.37. The van der Waals surface area contributed by atoms with Crippen LogP contribution in [0, 0.1) is 11.6 Å². The topological polar surface area (TPSA) is 49.8 Å². The Morgan fingerprint density at radius 2 is 2.00 bits per heavy atom. The molecule has 0 aromatic heterocycles. The molecule has 6 heteroatoms. The molecule has 4 nitrogen and oxygen atoms in total. The van der Waals surface area contributed by atoms with Crippen molar-refractivity contribution < 1.29 is 23.4 Å². The molecule has 1 unspecified atom stereocenters. The number of hydrogen-bond acceptors (Lipinski definition) is 3. The number of carbonyl (C=O) groups excluding carboxylic acids is 1. The lowest BCUT2D eigenvalue weighted by Gasteiger charge is -2.25. The fourth-order valence-corrected chi connectivity index (χ4v) is 3.26. The van der Waals surface area contributed by atoms with E-state index in [-0.39, 0.29) is 6.04 Å². The molecule has 1 heterocycles. The van der Waals surface area contributed by atoms with E-state index in [2.05, 4.69) is 0 Å². The maximum atomic E-state index is 14.0. The van der Waals surface area contributed by atoms with Gasteiger partial charge in [0, 0.05) is 24.7 Å². The van der Waals surface area contributed by atoms with Crippen LogP contribution in [0.4, 0.5) is 8.78 Å². The Morgan fingerprint density at radius 1 is 1.28 bits per heavy atom. The highest BCUT2D eigenvalue weighted by Crippen LogP contribution is 2.29. The highest BCUT2D eigenvalue weighted by Gasteiger charge is 2.32. The number of phenols is 1. The zero-order valence-electron chi connectivity index (χ0n) is 13.8. The van der Waals surface area contributed by atoms with Gasteiger partial charge in [0.15, 0.2) is 0 Å². The van der Waals surface area contributed by atoms with Crippen LogP contribution in [-0.2, 0) is 6.42 Å². The van der Waals surface area contributed by atoms with E-state index in [1.807, 2.05) is 24.3 Å². The van der Waals surface area contributed by atoms with Gasteiger partial charge in [-0.05, 0) is 37.0 Å². The summed E-state index contributed by atoms with van der Waals surface area (Å²) in [4.78, 5) is 14.2. The number of likely N-dealkylation sites (tertiary alicyclic amines) is 1. The molecule has 1 aliphatic heterocycles. The van der Waals surface area contributed by atoms with Gasteiger partial charge in [0.05, 0.1) is 7.11 Å². The number of nitrogens with zero attached hydrogens (tertiary/aromatic N) is 1. The molecule has 0 aliphatic carbocycles. The summed E-state index contributed by atoms with van der Waals surface area (Å²) in [6.45, 7) is 0.482. The molecule has 25 heavy (non-hydrogen) atoms. The summed E-state index contributed by atoms with van der Waals surface area (Å²) < 4.78 is 32.3. The van der Waals surface area contributed by atoms with Crippen molar-refractivity contribution in [3.63, 3.8) is 0 Å². The largest absolute Gasteiger partial charge is 0.507 e. The molecule has 2 aromatic rings. The van der Waals surface area contributed by atoms with E-state index in [4.69, 9.17) is 4.74 Å². The third-order valence-electron chi connectivity index (χ3n) is 4.52. The first-order chi connectivity index (χ1) is 12.0. The number of phenolic OH excluding ortho intramolecular Hbond substituents is 1. The minimum absolute atomic E-state index is 0.0928. The first-order valence-electron chi connectivity index (χ1n) is 8.11. The molecule has 1 amide bonds. The maximum absolute atomic E-state index is 14.0. The number of hydrogen-bond donors (Lipinski definition) is 1. The highest BCUT2D eigenvalue weighted by molar-refractivity contribution is 5.97. The van der Waals surface area contributed by atoms with Crippen LogP contribution in [0.3, 0.4) is 0 Å². The van der Waals surface area contributed by atoms with Gasteiger partial charge < -0.3 is 14.7 Å². The lowest BCUT2D eigenvalue weighted by atomic mass is 10.0. The number of amides is 1. The fourth-order valence-electron chi connectivity index (χ4n) is 3.26. The Kier molecular flexibility index (Phi) is 4.88. The molecule has 1 aliphatic rings. The molecule has 1 N–H and O–H groups in total. The van der Waals surface area contributed by atoms with Gasteiger partial charge in [-0.25, -0.2) is 8.78 Å². The van der Waals surface area contributed by atoms with Crippen LogP contribution in [0.1, 0.15) is 28.8 Å². The molecule has 0 saturated carbocycles. The van der Waals surface area contributed by atoms with Crippen LogP contribution >= 0.6 is 0 Å². The Hall–Kier alpha value is -2.63. The lowest BCUT2D eigenvalue weighted by molar-refractivity contribution is 0.0728. The van der Waals surface area contributed by atoms with Gasteiger partial charge in [-0.2, -0.15) is 0 Å². The van der Waals surface area contributed by atoms with Gasteiger partial charge in [0.25, 0.3) is 5.91 Å². The molecule has 132 valence electrons. The number of halogens is 2. The van der Waals surface area contributed by atoms with E-state index >= 15 is 0 Å². The molecular weight excluding hydrogens is 328 g/mol. The second kappa shape index (κ2) is 7.09. The number of aromatic hydroxyl groups is 1. The Balaban J connectivity index is 1.80. The average Bonchev–Trinajstić information content (AvgIpc) is 3.02. The van der Waals surface area contributed by atoms with Crippen molar-refractivity contribution in [2.75, 3.05) is 13.7 Å². The molecule has 3 rings (SSSR count). The third kappa shape index (κ3) is 3.57. The fraction of sp³-hybridized carbons (Fsp3) is 0.316. The molecule has 0 radical (unpaired) electrons. The summed E-state index contributed by atoms with van der Waals surface area (Å²) >= 11 is 0. The number of benzene rings is 2. The smallest absolute Gasteiger partial charge is 0.260 e. The zero-order valence-corrected chi connectivity index (χ0v) is 13.8. The van der Waals surface area contributed by atoms with E-state index in [1.54, 1.807) is 12.0 Å². The second-order valence-corrected chi connectivity index (χ2v) is 6.13. The quantitative estimate of drug-likeness (QED) is 0.921. The van der Waals surface area contributed by atoms with Crippen molar-refractivity contribution in [3.8, 4) is 11.5 Å². The molecule has 1 atom stereocenters. The number of carbonyl (C=O) groups is 1. The number of rotatable bonds is 4. The monoisotopic (exact) mass is 347 g/mol. The minimum atomic E-state index is -1.04. The highest BCUT2D eigenvalue weighted by atomic mass is 19.1. The van der Waals surface area contributed by atoms with Crippen LogP contribution < -0.4 is 4.74 Å². The van der Waals surface area contributed by atoms with E-state index in [0.717, 1.165) is 30.2 Å². The van der Waals surface area contributed by atoms with E-state index in [1.165, 1.54) is 0 Å². The van der Waals surface area contributed by atoms with Crippen molar-refractivity contribution in [1.29, 1.82) is 0 Å². The maximum Gasteiger partial charge on any atom is 0.260 e. The molecular formula is C19H19F2NO3. The Labute approximate surface area is 144 Å². The van der Waals surface area contributed by atoms with E-state index in [9.17, 15) is 18.7 Å². The van der Waals surface area contributed by atoms with Crippen molar-refractivity contribution in [1.82, 2.24) is 4.90 Å². The summed E-state index contributed by atoms with van der Waals surface area (Å²) in [7, 11) is 1.59. The van der Waals surface area contributed by atoms with Crippen LogP contribution in [0.2, 0.25) is 0 Å². The van der Waals surface area contributed by atoms with Gasteiger partial charge in [-0.1, -0.05) is 12.1 Å². The predicted molar refractivity (Wildman–Crippen MR) is 88.8 cm³/mol. The summed E-state index contributed by atoms with van der Waals surface area (Å²) in [6.07, 6.45) is 2.22. The van der Waals surface area contributed by atoms with E-state index < -0.39 is 28.9 Å². The average molecular weight is 347 g/mol. The normalized spacial score (nSPS) is 16.9. The molecule has 0 spiro atoms. The van der Waals surface area contributed by atoms with Crippen LogP contribution in [0.25, 0.3) is 0 Å². The second-order valence-electron chi connectivity index (χ2n) is 6.13. The van der Waals surface area contributed by atoms with Gasteiger partial charge in [-0.3, -0.25) is 4.79 Å². The molecule has 2 aromatic carbocycles.